The summed E-state index contributed by atoms with van der Waals surface area (Å²) in [5, 5.41) is 5.27. The minimum atomic E-state index is 0.360. The van der Waals surface area contributed by atoms with Crippen molar-refractivity contribution in [3.8, 4) is 0 Å². The molecule has 0 saturated carbocycles. The molecule has 166 valence electrons. The number of piperidine rings is 3. The van der Waals surface area contributed by atoms with Crippen molar-refractivity contribution in [1.82, 2.24) is 15.2 Å². The van der Waals surface area contributed by atoms with E-state index < -0.39 is 0 Å². The third-order valence-corrected chi connectivity index (χ3v) is 7.78. The molecule has 3 aliphatic heterocycles. The van der Waals surface area contributed by atoms with Crippen molar-refractivity contribution in [2.45, 2.75) is 37.4 Å². The van der Waals surface area contributed by atoms with Gasteiger partial charge in [-0.15, -0.1) is 0 Å². The molecule has 2 unspecified atom stereocenters. The lowest BCUT2D eigenvalue weighted by Gasteiger charge is -2.54. The van der Waals surface area contributed by atoms with E-state index in [0.29, 0.717) is 18.0 Å². The monoisotopic (exact) mass is 433 g/mol. The molecule has 2 bridgehead atoms. The predicted molar refractivity (Wildman–Crippen MR) is 135 cm³/mol. The highest BCUT2D eigenvalue weighted by Crippen LogP contribution is 2.42. The molecule has 3 aliphatic rings. The van der Waals surface area contributed by atoms with E-state index in [0.717, 1.165) is 18.0 Å². The van der Waals surface area contributed by atoms with Crippen molar-refractivity contribution in [2.24, 2.45) is 5.92 Å². The lowest BCUT2D eigenvalue weighted by molar-refractivity contribution is 0.00471. The summed E-state index contributed by atoms with van der Waals surface area (Å²) in [5.74, 6) is 1.08. The number of fused-ring (bicyclic) bond motifs is 4. The summed E-state index contributed by atoms with van der Waals surface area (Å²) in [6.07, 6.45) is 4.49. The Hall–Kier alpha value is -3.01. The maximum absolute atomic E-state index is 4.69. The summed E-state index contributed by atoms with van der Waals surface area (Å²) in [5.41, 5.74) is 5.24. The number of aromatic nitrogens is 1. The Balaban J connectivity index is 1.36. The van der Waals surface area contributed by atoms with Crippen LogP contribution in [0.15, 0.2) is 97.2 Å². The molecule has 4 heterocycles. The highest BCUT2D eigenvalue weighted by Gasteiger charge is 2.46. The molecule has 3 saturated heterocycles. The van der Waals surface area contributed by atoms with Crippen LogP contribution < -0.4 is 5.32 Å². The summed E-state index contributed by atoms with van der Waals surface area (Å²) < 4.78 is 0. The zero-order valence-corrected chi connectivity index (χ0v) is 19.0. The fraction of sp³-hybridized carbons (Fsp3) is 0.300. The van der Waals surface area contributed by atoms with E-state index >= 15 is 0 Å². The second kappa shape index (κ2) is 9.09. The van der Waals surface area contributed by atoms with Gasteiger partial charge >= 0.3 is 0 Å². The summed E-state index contributed by atoms with van der Waals surface area (Å²) in [7, 11) is 0. The molecule has 3 fully saturated rings. The third-order valence-electron chi connectivity index (χ3n) is 7.78. The third kappa shape index (κ3) is 3.96. The first-order valence-electron chi connectivity index (χ1n) is 12.3. The smallest absolute Gasteiger partial charge is 0.0746 e. The number of rotatable bonds is 6. The molecule has 3 heteroatoms. The van der Waals surface area contributed by atoms with Crippen LogP contribution in [0.3, 0.4) is 0 Å². The highest BCUT2D eigenvalue weighted by atomic mass is 15.2. The van der Waals surface area contributed by atoms with E-state index in [1.54, 1.807) is 0 Å². The first-order chi connectivity index (χ1) is 16.4. The van der Waals surface area contributed by atoms with Gasteiger partial charge in [0.15, 0.2) is 0 Å². The van der Waals surface area contributed by atoms with Crippen LogP contribution in [-0.2, 0) is 6.54 Å². The van der Waals surface area contributed by atoms with Gasteiger partial charge in [-0.05, 0) is 54.6 Å². The highest BCUT2D eigenvalue weighted by molar-refractivity contribution is 5.81. The van der Waals surface area contributed by atoms with Crippen LogP contribution >= 0.6 is 0 Å². The van der Waals surface area contributed by atoms with Crippen molar-refractivity contribution in [2.75, 3.05) is 13.1 Å². The van der Waals surface area contributed by atoms with Crippen molar-refractivity contribution in [3.05, 3.63) is 114 Å². The Kier molecular flexibility index (Phi) is 5.67. The average Bonchev–Trinajstić information content (AvgIpc) is 2.90. The van der Waals surface area contributed by atoms with Crippen LogP contribution in [0, 0.1) is 5.92 Å². The number of pyridine rings is 1. The molecular formula is C30H31N3. The van der Waals surface area contributed by atoms with Gasteiger partial charge in [0, 0.05) is 36.1 Å². The fourth-order valence-electron chi connectivity index (χ4n) is 6.23. The summed E-state index contributed by atoms with van der Waals surface area (Å²) in [6.45, 7) is 3.27. The van der Waals surface area contributed by atoms with E-state index in [1.807, 2.05) is 12.3 Å². The van der Waals surface area contributed by atoms with Gasteiger partial charge in [0.2, 0.25) is 0 Å². The Morgan fingerprint density at radius 1 is 0.788 bits per heavy atom. The largest absolute Gasteiger partial charge is 0.308 e. The molecule has 0 radical (unpaired) electrons. The molecule has 0 aliphatic carbocycles. The van der Waals surface area contributed by atoms with Crippen molar-refractivity contribution in [3.63, 3.8) is 0 Å². The Morgan fingerprint density at radius 2 is 1.45 bits per heavy atom. The molecular weight excluding hydrogens is 402 g/mol. The minimum absolute atomic E-state index is 0.360. The molecule has 4 aromatic rings. The standard InChI is InChI=1S/C30H31N3/c1-3-9-22(10-4-1)27(23-11-5-2-6-12-23)30-29(25-16-19-33(30)20-17-25)32-21-26-14-7-13-24-15-8-18-31-28(24)26/h1-15,18,25,27,29-30,32H,16-17,19-21H2. The van der Waals surface area contributed by atoms with E-state index in [4.69, 9.17) is 4.98 Å². The van der Waals surface area contributed by atoms with Gasteiger partial charge in [-0.3, -0.25) is 9.88 Å². The summed E-state index contributed by atoms with van der Waals surface area (Å²) in [4.78, 5) is 7.45. The lowest BCUT2D eigenvalue weighted by atomic mass is 9.70. The van der Waals surface area contributed by atoms with Crippen molar-refractivity contribution in [1.29, 1.82) is 0 Å². The molecule has 2 atom stereocenters. The van der Waals surface area contributed by atoms with Crippen LogP contribution in [0.4, 0.5) is 0 Å². The van der Waals surface area contributed by atoms with Gasteiger partial charge in [-0.2, -0.15) is 0 Å². The van der Waals surface area contributed by atoms with Crippen LogP contribution in [0.5, 0.6) is 0 Å². The molecule has 1 N–H and O–H groups in total. The maximum Gasteiger partial charge on any atom is 0.0746 e. The zero-order chi connectivity index (χ0) is 22.0. The van der Waals surface area contributed by atoms with Crippen molar-refractivity contribution >= 4 is 10.9 Å². The normalized spacial score (nSPS) is 24.4. The second-order valence-electron chi connectivity index (χ2n) is 9.56. The number of nitrogens with zero attached hydrogens (tertiary/aromatic N) is 2. The van der Waals surface area contributed by atoms with Gasteiger partial charge < -0.3 is 5.32 Å². The Labute approximate surface area is 196 Å². The van der Waals surface area contributed by atoms with Crippen LogP contribution in [0.1, 0.15) is 35.4 Å². The summed E-state index contributed by atoms with van der Waals surface area (Å²) >= 11 is 0. The Bertz CT molecular complexity index is 1150. The first-order valence-corrected chi connectivity index (χ1v) is 12.3. The van der Waals surface area contributed by atoms with Crippen molar-refractivity contribution < 1.29 is 0 Å². The van der Waals surface area contributed by atoms with Crippen LogP contribution in [0.2, 0.25) is 0 Å². The fourth-order valence-corrected chi connectivity index (χ4v) is 6.23. The molecule has 0 amide bonds. The van der Waals surface area contributed by atoms with Crippen LogP contribution in [0.25, 0.3) is 10.9 Å². The number of benzene rings is 3. The molecule has 3 nitrogen and oxygen atoms in total. The Morgan fingerprint density at radius 3 is 2.15 bits per heavy atom. The number of para-hydroxylation sites is 1. The molecule has 7 rings (SSSR count). The average molecular weight is 434 g/mol. The maximum atomic E-state index is 4.69. The van der Waals surface area contributed by atoms with E-state index in [9.17, 15) is 0 Å². The molecule has 3 aromatic carbocycles. The number of hydrogen-bond acceptors (Lipinski definition) is 3. The second-order valence-corrected chi connectivity index (χ2v) is 9.56. The van der Waals surface area contributed by atoms with E-state index in [1.165, 1.54) is 48.0 Å². The van der Waals surface area contributed by atoms with Gasteiger partial charge in [-0.25, -0.2) is 0 Å². The SMILES string of the molecule is c1ccc(C(c2ccccc2)C2C(NCc3cccc4cccnc34)C3CCN2CC3)cc1. The van der Waals surface area contributed by atoms with E-state index in [2.05, 4.69) is 95.1 Å². The summed E-state index contributed by atoms with van der Waals surface area (Å²) in [6, 6.07) is 33.9. The van der Waals surface area contributed by atoms with Gasteiger partial charge in [0.05, 0.1) is 5.52 Å². The molecule has 1 aromatic heterocycles. The van der Waals surface area contributed by atoms with E-state index in [-0.39, 0.29) is 0 Å². The number of hydrogen-bond donors (Lipinski definition) is 1. The lowest BCUT2D eigenvalue weighted by Crippen LogP contribution is -2.64. The minimum Gasteiger partial charge on any atom is -0.308 e. The zero-order valence-electron chi connectivity index (χ0n) is 19.0. The predicted octanol–water partition coefficient (Wildman–Crippen LogP) is 5.62. The quantitative estimate of drug-likeness (QED) is 0.428. The first kappa shape index (κ1) is 20.6. The topological polar surface area (TPSA) is 28.2 Å². The van der Waals surface area contributed by atoms with Gasteiger partial charge in [-0.1, -0.05) is 84.9 Å². The van der Waals surface area contributed by atoms with Gasteiger partial charge in [0.25, 0.3) is 0 Å². The van der Waals surface area contributed by atoms with Crippen LogP contribution in [-0.4, -0.2) is 35.1 Å². The van der Waals surface area contributed by atoms with Gasteiger partial charge in [0.1, 0.15) is 0 Å². The molecule has 33 heavy (non-hydrogen) atoms. The number of nitrogens with one attached hydrogen (secondary N) is 1. The molecule has 0 spiro atoms.